The summed E-state index contributed by atoms with van der Waals surface area (Å²) < 4.78 is 39.0. The van der Waals surface area contributed by atoms with E-state index in [1.165, 1.54) is 0 Å². The van der Waals surface area contributed by atoms with Crippen molar-refractivity contribution >= 4 is 7.25 Å². The smallest absolute Gasteiger partial charge is 0.489 e. The predicted octanol–water partition coefficient (Wildman–Crippen LogP) is 3.88. The van der Waals surface area contributed by atoms with Gasteiger partial charge in [-0.25, -0.2) is 0 Å². The van der Waals surface area contributed by atoms with E-state index in [4.69, 9.17) is 0 Å². The molecular formula is C10H13BF4Rh-2. The first kappa shape index (κ1) is 15.9. The Morgan fingerprint density at radius 3 is 1.62 bits per heavy atom. The molecule has 2 aliphatic rings. The Morgan fingerprint density at radius 1 is 1.12 bits per heavy atom. The van der Waals surface area contributed by atoms with Crippen molar-refractivity contribution in [2.45, 2.75) is 20.8 Å². The van der Waals surface area contributed by atoms with Gasteiger partial charge >= 0.3 is 7.25 Å². The van der Waals surface area contributed by atoms with Crippen molar-refractivity contribution in [2.24, 2.45) is 16.7 Å². The van der Waals surface area contributed by atoms with Crippen LogP contribution in [0.5, 0.6) is 0 Å². The van der Waals surface area contributed by atoms with Crippen LogP contribution < -0.4 is 0 Å². The molecule has 0 aromatic rings. The van der Waals surface area contributed by atoms with E-state index in [-0.39, 0.29) is 24.9 Å². The van der Waals surface area contributed by atoms with E-state index < -0.39 is 7.25 Å². The molecule has 2 atom stereocenters. The maximum atomic E-state index is 9.75. The Morgan fingerprint density at radius 2 is 1.56 bits per heavy atom. The van der Waals surface area contributed by atoms with Crippen LogP contribution in [0.1, 0.15) is 20.8 Å². The molecule has 2 aliphatic carbocycles. The van der Waals surface area contributed by atoms with Gasteiger partial charge in [-0.15, -0.1) is 11.5 Å². The summed E-state index contributed by atoms with van der Waals surface area (Å²) in [6.45, 7) is 6.88. The van der Waals surface area contributed by atoms with Gasteiger partial charge in [0.1, 0.15) is 0 Å². The SMILES string of the molecule is CC12[C-]=CC(C=C1)C2(C)C.F[B-](F)(F)F.[Rh]. The Kier molecular flexibility index (Phi) is 4.60. The average Bonchev–Trinajstić information content (AvgIpc) is 2.33. The molecule has 0 amide bonds. The van der Waals surface area contributed by atoms with Gasteiger partial charge in [0.15, 0.2) is 0 Å². The number of rotatable bonds is 0. The first-order valence-electron chi connectivity index (χ1n) is 4.74. The van der Waals surface area contributed by atoms with Crippen molar-refractivity contribution in [1.82, 2.24) is 0 Å². The zero-order chi connectivity index (χ0) is 11.9. The molecule has 2 rings (SSSR count). The third kappa shape index (κ3) is 3.19. The van der Waals surface area contributed by atoms with Gasteiger partial charge in [0.25, 0.3) is 0 Å². The van der Waals surface area contributed by atoms with Gasteiger partial charge in [0, 0.05) is 19.5 Å². The minimum absolute atomic E-state index is 0. The van der Waals surface area contributed by atoms with Crippen molar-refractivity contribution in [1.29, 1.82) is 0 Å². The van der Waals surface area contributed by atoms with Gasteiger partial charge in [0.05, 0.1) is 0 Å². The molecule has 2 bridgehead atoms. The van der Waals surface area contributed by atoms with Gasteiger partial charge in [-0.05, 0) is 11.3 Å². The topological polar surface area (TPSA) is 0 Å². The third-order valence-corrected chi connectivity index (χ3v) is 3.37. The van der Waals surface area contributed by atoms with Crippen LogP contribution in [-0.2, 0) is 19.5 Å². The molecule has 6 heteroatoms. The predicted molar refractivity (Wildman–Crippen MR) is 52.5 cm³/mol. The molecule has 95 valence electrons. The molecule has 0 fully saturated rings. The molecule has 0 spiro atoms. The second-order valence-electron chi connectivity index (χ2n) is 4.61. The molecule has 0 N–H and O–H groups in total. The molecule has 2 unspecified atom stereocenters. The fourth-order valence-electron chi connectivity index (χ4n) is 1.86. The van der Waals surface area contributed by atoms with Crippen molar-refractivity contribution in [3.8, 4) is 0 Å². The van der Waals surface area contributed by atoms with E-state index >= 15 is 0 Å². The Bertz CT molecular complexity index is 286. The summed E-state index contributed by atoms with van der Waals surface area (Å²) in [5.74, 6) is 0.637. The molecule has 0 aromatic heterocycles. The van der Waals surface area contributed by atoms with Gasteiger partial charge in [-0.1, -0.05) is 26.8 Å². The summed E-state index contributed by atoms with van der Waals surface area (Å²) in [6, 6.07) is 0. The minimum atomic E-state index is -6.00. The van der Waals surface area contributed by atoms with E-state index in [9.17, 15) is 17.3 Å². The minimum Gasteiger partial charge on any atom is -0.489 e. The van der Waals surface area contributed by atoms with E-state index in [0.717, 1.165) is 0 Å². The van der Waals surface area contributed by atoms with Gasteiger partial charge < -0.3 is 23.3 Å². The summed E-state index contributed by atoms with van der Waals surface area (Å²) in [5.41, 5.74) is 0.602. The zero-order valence-electron chi connectivity index (χ0n) is 9.23. The summed E-state index contributed by atoms with van der Waals surface area (Å²) in [5, 5.41) is 0. The molecule has 0 aromatic carbocycles. The Balaban J connectivity index is 0.000000330. The van der Waals surface area contributed by atoms with Crippen molar-refractivity contribution in [2.75, 3.05) is 0 Å². The van der Waals surface area contributed by atoms with Crippen LogP contribution in [0.4, 0.5) is 17.3 Å². The number of hydrogen-bond donors (Lipinski definition) is 0. The van der Waals surface area contributed by atoms with Crippen LogP contribution in [0.3, 0.4) is 0 Å². The van der Waals surface area contributed by atoms with Crippen LogP contribution in [0, 0.1) is 22.8 Å². The number of hydrogen-bond acceptors (Lipinski definition) is 0. The van der Waals surface area contributed by atoms with Crippen LogP contribution in [0.15, 0.2) is 18.2 Å². The second kappa shape index (κ2) is 4.64. The molecule has 0 nitrogen and oxygen atoms in total. The quantitative estimate of drug-likeness (QED) is 0.275. The molecule has 1 radical (unpaired) electrons. The Labute approximate surface area is 106 Å². The zero-order valence-corrected chi connectivity index (χ0v) is 10.9. The maximum Gasteiger partial charge on any atom is 0.673 e. The first-order chi connectivity index (χ1) is 6.56. The number of allylic oxidation sites excluding steroid dienone is 4. The van der Waals surface area contributed by atoms with Gasteiger partial charge in [-0.2, -0.15) is 0 Å². The molecule has 0 saturated carbocycles. The van der Waals surface area contributed by atoms with Gasteiger partial charge in [0.2, 0.25) is 0 Å². The fourth-order valence-corrected chi connectivity index (χ4v) is 1.86. The molecule has 16 heavy (non-hydrogen) atoms. The monoisotopic (exact) mass is 323 g/mol. The number of fused-ring (bicyclic) bond motifs is 2. The molecule has 0 saturated heterocycles. The largest absolute Gasteiger partial charge is 0.673 e. The van der Waals surface area contributed by atoms with E-state index in [1.54, 1.807) is 0 Å². The number of halogens is 4. The van der Waals surface area contributed by atoms with Crippen LogP contribution in [-0.4, -0.2) is 7.25 Å². The van der Waals surface area contributed by atoms with Crippen molar-refractivity contribution in [3.63, 3.8) is 0 Å². The van der Waals surface area contributed by atoms with Crippen LogP contribution >= 0.6 is 0 Å². The molecule has 0 heterocycles. The average molecular weight is 323 g/mol. The summed E-state index contributed by atoms with van der Waals surface area (Å²) in [7, 11) is -6.00. The summed E-state index contributed by atoms with van der Waals surface area (Å²) >= 11 is 0. The van der Waals surface area contributed by atoms with Crippen molar-refractivity contribution in [3.05, 3.63) is 24.3 Å². The fraction of sp³-hybridized carbons (Fsp3) is 0.600. The maximum absolute atomic E-state index is 9.75. The molecular weight excluding hydrogens is 310 g/mol. The normalized spacial score (nSPS) is 33.1. The summed E-state index contributed by atoms with van der Waals surface area (Å²) in [4.78, 5) is 0. The van der Waals surface area contributed by atoms with E-state index in [0.29, 0.717) is 11.3 Å². The first-order valence-corrected chi connectivity index (χ1v) is 4.74. The standard InChI is InChI=1S/C10H13.BF4.Rh/c1-9(2)8-4-6-10(9,3)7-5-8;2-1(3,4)5;/h4-6,8H,1-3H3;;/q2*-1;. The third-order valence-electron chi connectivity index (χ3n) is 3.37. The summed E-state index contributed by atoms with van der Waals surface area (Å²) in [6.07, 6.45) is 10.2. The van der Waals surface area contributed by atoms with E-state index in [1.807, 2.05) is 0 Å². The van der Waals surface area contributed by atoms with Gasteiger partial charge in [-0.3, -0.25) is 6.08 Å². The van der Waals surface area contributed by atoms with Crippen LogP contribution in [0.2, 0.25) is 0 Å². The van der Waals surface area contributed by atoms with Crippen molar-refractivity contribution < 1.29 is 36.7 Å². The Hall–Kier alpha value is -0.112. The molecule has 0 aliphatic heterocycles. The van der Waals surface area contributed by atoms with E-state index in [2.05, 4.69) is 45.1 Å². The van der Waals surface area contributed by atoms with Crippen LogP contribution in [0.25, 0.3) is 0 Å². The second-order valence-corrected chi connectivity index (χ2v) is 4.61.